The summed E-state index contributed by atoms with van der Waals surface area (Å²) in [5.41, 5.74) is 3.86. The molecule has 2 aromatic heterocycles. The summed E-state index contributed by atoms with van der Waals surface area (Å²) in [5.74, 6) is 1.63. The van der Waals surface area contributed by atoms with Crippen molar-refractivity contribution in [3.05, 3.63) is 48.4 Å². The number of hydrogen-bond acceptors (Lipinski definition) is 4. The molecule has 0 atom stereocenters. The monoisotopic (exact) mass is 294 g/mol. The van der Waals surface area contributed by atoms with Crippen molar-refractivity contribution in [1.82, 2.24) is 14.4 Å². The van der Waals surface area contributed by atoms with Crippen LogP contribution in [0.4, 0.5) is 5.82 Å². The van der Waals surface area contributed by atoms with Crippen molar-refractivity contribution in [2.45, 2.75) is 19.4 Å². The third kappa shape index (κ3) is 2.44. The molecule has 4 rings (SSSR count). The number of nitrogens with zero attached hydrogens (tertiary/aromatic N) is 3. The summed E-state index contributed by atoms with van der Waals surface area (Å²) < 4.78 is 2.05. The first-order chi connectivity index (χ1) is 10.8. The predicted octanol–water partition coefficient (Wildman–Crippen LogP) is 2.71. The van der Waals surface area contributed by atoms with Gasteiger partial charge >= 0.3 is 0 Å². The molecule has 5 nitrogen and oxygen atoms in total. The summed E-state index contributed by atoms with van der Waals surface area (Å²) in [6.07, 6.45) is 8.22. The Balaban J connectivity index is 1.70. The van der Waals surface area contributed by atoms with Crippen LogP contribution in [0.5, 0.6) is 0 Å². The Morgan fingerprint density at radius 3 is 2.73 bits per heavy atom. The number of benzene rings is 1. The van der Waals surface area contributed by atoms with E-state index in [1.807, 2.05) is 36.7 Å². The van der Waals surface area contributed by atoms with Gasteiger partial charge < -0.3 is 10.4 Å². The smallest absolute Gasteiger partial charge is 0.180 e. The van der Waals surface area contributed by atoms with Crippen molar-refractivity contribution in [2.75, 3.05) is 11.9 Å². The summed E-state index contributed by atoms with van der Waals surface area (Å²) in [4.78, 5) is 8.94. The second-order valence-corrected chi connectivity index (χ2v) is 5.79. The molecule has 0 unspecified atom stereocenters. The minimum absolute atomic E-state index is 0.0621. The zero-order valence-electron chi connectivity index (χ0n) is 12.2. The van der Waals surface area contributed by atoms with E-state index >= 15 is 0 Å². The number of anilines is 1. The molecular weight excluding hydrogens is 276 g/mol. The first kappa shape index (κ1) is 13.3. The molecule has 0 radical (unpaired) electrons. The van der Waals surface area contributed by atoms with Crippen molar-refractivity contribution < 1.29 is 5.11 Å². The van der Waals surface area contributed by atoms with Crippen molar-refractivity contribution in [3.8, 4) is 11.3 Å². The largest absolute Gasteiger partial charge is 0.392 e. The maximum absolute atomic E-state index is 9.14. The first-order valence-corrected chi connectivity index (χ1v) is 7.61. The zero-order valence-corrected chi connectivity index (χ0v) is 12.2. The lowest BCUT2D eigenvalue weighted by molar-refractivity contribution is 0.282. The first-order valence-electron chi connectivity index (χ1n) is 7.61. The molecule has 1 aromatic carbocycles. The Morgan fingerprint density at radius 2 is 2.00 bits per heavy atom. The van der Waals surface area contributed by atoms with Crippen LogP contribution in [-0.2, 0) is 6.61 Å². The molecule has 3 aromatic rings. The standard InChI is InChI=1S/C17H18N4O/c22-11-13-3-5-14(6-4-13)15-10-20-17-16(18-7-8-21(15)17)19-9-12-1-2-12/h3-8,10,12,22H,1-2,9,11H2,(H,18,19). The second-order valence-electron chi connectivity index (χ2n) is 5.79. The van der Waals surface area contributed by atoms with Crippen molar-refractivity contribution in [2.24, 2.45) is 5.92 Å². The third-order valence-corrected chi connectivity index (χ3v) is 4.12. The fourth-order valence-corrected chi connectivity index (χ4v) is 2.60. The van der Waals surface area contributed by atoms with E-state index in [9.17, 15) is 0 Å². The summed E-state index contributed by atoms with van der Waals surface area (Å²) >= 11 is 0. The van der Waals surface area contributed by atoms with E-state index < -0.39 is 0 Å². The number of aliphatic hydroxyl groups is 1. The molecule has 112 valence electrons. The number of rotatable bonds is 5. The van der Waals surface area contributed by atoms with Crippen LogP contribution in [0, 0.1) is 5.92 Å². The molecule has 2 N–H and O–H groups in total. The molecule has 1 fully saturated rings. The Morgan fingerprint density at radius 1 is 1.18 bits per heavy atom. The molecule has 0 aliphatic heterocycles. The number of imidazole rings is 1. The Hall–Kier alpha value is -2.40. The topological polar surface area (TPSA) is 62.5 Å². The van der Waals surface area contributed by atoms with Gasteiger partial charge in [0, 0.05) is 24.5 Å². The highest BCUT2D eigenvalue weighted by molar-refractivity contribution is 5.70. The van der Waals surface area contributed by atoms with E-state index in [-0.39, 0.29) is 6.61 Å². The average Bonchev–Trinajstić information content (AvgIpc) is 3.30. The zero-order chi connectivity index (χ0) is 14.9. The van der Waals surface area contributed by atoms with Crippen LogP contribution in [0.2, 0.25) is 0 Å². The molecule has 1 saturated carbocycles. The highest BCUT2D eigenvalue weighted by Crippen LogP contribution is 2.29. The second kappa shape index (κ2) is 5.42. The van der Waals surface area contributed by atoms with Gasteiger partial charge in [-0.05, 0) is 24.3 Å². The van der Waals surface area contributed by atoms with Crippen LogP contribution in [0.15, 0.2) is 42.9 Å². The minimum Gasteiger partial charge on any atom is -0.392 e. The molecular formula is C17H18N4O. The number of aromatic nitrogens is 3. The summed E-state index contributed by atoms with van der Waals surface area (Å²) in [7, 11) is 0. The fourth-order valence-electron chi connectivity index (χ4n) is 2.60. The van der Waals surface area contributed by atoms with Crippen LogP contribution >= 0.6 is 0 Å². The van der Waals surface area contributed by atoms with Gasteiger partial charge in [0.15, 0.2) is 11.5 Å². The normalized spacial score (nSPS) is 14.4. The summed E-state index contributed by atoms with van der Waals surface area (Å²) in [6, 6.07) is 7.88. The predicted molar refractivity (Wildman–Crippen MR) is 85.6 cm³/mol. The summed E-state index contributed by atoms with van der Waals surface area (Å²) in [5, 5.41) is 12.5. The van der Waals surface area contributed by atoms with Crippen molar-refractivity contribution >= 4 is 11.5 Å². The van der Waals surface area contributed by atoms with Gasteiger partial charge in [0.1, 0.15) is 0 Å². The Kier molecular flexibility index (Phi) is 3.27. The lowest BCUT2D eigenvalue weighted by atomic mass is 10.1. The SMILES string of the molecule is OCc1ccc(-c2cnc3c(NCC4CC4)nccn23)cc1. The molecule has 5 heteroatoms. The Labute approximate surface area is 128 Å². The molecule has 1 aliphatic rings. The minimum atomic E-state index is 0.0621. The van der Waals surface area contributed by atoms with E-state index in [1.165, 1.54) is 12.8 Å². The number of fused-ring (bicyclic) bond motifs is 1. The highest BCUT2D eigenvalue weighted by Gasteiger charge is 2.21. The Bertz CT molecular complexity index is 790. The molecule has 0 bridgehead atoms. The number of hydrogen-bond donors (Lipinski definition) is 2. The van der Waals surface area contributed by atoms with Crippen LogP contribution in [0.1, 0.15) is 18.4 Å². The maximum atomic E-state index is 9.14. The van der Waals surface area contributed by atoms with Gasteiger partial charge in [-0.1, -0.05) is 24.3 Å². The quantitative estimate of drug-likeness (QED) is 0.759. The maximum Gasteiger partial charge on any atom is 0.180 e. The van der Waals surface area contributed by atoms with E-state index in [4.69, 9.17) is 5.11 Å². The molecule has 22 heavy (non-hydrogen) atoms. The highest BCUT2D eigenvalue weighted by atomic mass is 16.3. The van der Waals surface area contributed by atoms with Gasteiger partial charge in [0.2, 0.25) is 0 Å². The van der Waals surface area contributed by atoms with Crippen LogP contribution < -0.4 is 5.32 Å². The lowest BCUT2D eigenvalue weighted by Crippen LogP contribution is -2.06. The molecule has 1 aliphatic carbocycles. The summed E-state index contributed by atoms with van der Waals surface area (Å²) in [6.45, 7) is 1.03. The van der Waals surface area contributed by atoms with E-state index in [0.29, 0.717) is 0 Å². The molecule has 0 amide bonds. The average molecular weight is 294 g/mol. The van der Waals surface area contributed by atoms with E-state index in [0.717, 1.165) is 40.7 Å². The van der Waals surface area contributed by atoms with Crippen LogP contribution in [0.25, 0.3) is 16.9 Å². The van der Waals surface area contributed by atoms with E-state index in [1.54, 1.807) is 6.20 Å². The van der Waals surface area contributed by atoms with Gasteiger partial charge in [0.25, 0.3) is 0 Å². The van der Waals surface area contributed by atoms with Gasteiger partial charge in [-0.15, -0.1) is 0 Å². The lowest BCUT2D eigenvalue weighted by Gasteiger charge is -2.07. The van der Waals surface area contributed by atoms with Gasteiger partial charge in [0.05, 0.1) is 18.5 Å². The number of nitrogens with one attached hydrogen (secondary N) is 1. The third-order valence-electron chi connectivity index (χ3n) is 4.12. The van der Waals surface area contributed by atoms with E-state index in [2.05, 4.69) is 19.7 Å². The van der Waals surface area contributed by atoms with Crippen LogP contribution in [-0.4, -0.2) is 26.0 Å². The molecule has 0 spiro atoms. The fraction of sp³-hybridized carbons (Fsp3) is 0.294. The van der Waals surface area contributed by atoms with Crippen molar-refractivity contribution in [3.63, 3.8) is 0 Å². The van der Waals surface area contributed by atoms with Gasteiger partial charge in [-0.25, -0.2) is 9.97 Å². The van der Waals surface area contributed by atoms with Crippen LogP contribution in [0.3, 0.4) is 0 Å². The van der Waals surface area contributed by atoms with Gasteiger partial charge in [-0.2, -0.15) is 0 Å². The van der Waals surface area contributed by atoms with Crippen molar-refractivity contribution in [1.29, 1.82) is 0 Å². The van der Waals surface area contributed by atoms with Gasteiger partial charge in [-0.3, -0.25) is 4.40 Å². The molecule has 2 heterocycles. The number of aliphatic hydroxyl groups excluding tert-OH is 1. The molecule has 0 saturated heterocycles.